The highest BCUT2D eigenvalue weighted by Crippen LogP contribution is 2.29. The highest BCUT2D eigenvalue weighted by molar-refractivity contribution is 8.76. The molecule has 0 aliphatic carbocycles. The van der Waals surface area contributed by atoms with Gasteiger partial charge in [0, 0.05) is 23.6 Å². The minimum absolute atomic E-state index is 0.142. The van der Waals surface area contributed by atoms with Crippen molar-refractivity contribution >= 4 is 61.1 Å². The van der Waals surface area contributed by atoms with Crippen LogP contribution in [0.3, 0.4) is 0 Å². The maximum atomic E-state index is 10.5. The van der Waals surface area contributed by atoms with Crippen LogP contribution in [-0.4, -0.2) is 63.3 Å². The van der Waals surface area contributed by atoms with Crippen LogP contribution in [0.1, 0.15) is 19.3 Å². The Morgan fingerprint density at radius 1 is 1.14 bits per heavy atom. The molecule has 1 atom stereocenters. The number of thiol groups is 1. The molecule has 1 rings (SSSR count). The summed E-state index contributed by atoms with van der Waals surface area (Å²) in [6.45, 7) is 0. The summed E-state index contributed by atoms with van der Waals surface area (Å²) in [5.41, 5.74) is 0. The van der Waals surface area contributed by atoms with Crippen LogP contribution < -0.4 is 0 Å². The second-order valence-corrected chi connectivity index (χ2v) is 14.7. The van der Waals surface area contributed by atoms with Gasteiger partial charge in [0.25, 0.3) is 0 Å². The van der Waals surface area contributed by atoms with Crippen LogP contribution in [0.15, 0.2) is 0 Å². The zero-order valence-electron chi connectivity index (χ0n) is 11.7. The van der Waals surface area contributed by atoms with Gasteiger partial charge in [-0.25, -0.2) is 0 Å². The van der Waals surface area contributed by atoms with Crippen LogP contribution in [0.4, 0.5) is 0 Å². The molecule has 125 valence electrons. The predicted molar refractivity (Wildman–Crippen MR) is 95.3 cm³/mol. The molecule has 0 amide bonds. The summed E-state index contributed by atoms with van der Waals surface area (Å²) >= 11 is 4.07. The molecular formula is C9H23O6S3Si3. The van der Waals surface area contributed by atoms with Crippen LogP contribution >= 0.6 is 34.2 Å². The lowest BCUT2D eigenvalue weighted by atomic mass is 10.6. The van der Waals surface area contributed by atoms with Crippen molar-refractivity contribution in [1.82, 2.24) is 0 Å². The van der Waals surface area contributed by atoms with Crippen molar-refractivity contribution in [3.8, 4) is 0 Å². The van der Waals surface area contributed by atoms with Crippen LogP contribution in [-0.2, 0) is 8.23 Å². The Morgan fingerprint density at radius 2 is 1.76 bits per heavy atom. The maximum absolute atomic E-state index is 10.5. The smallest absolute Gasteiger partial charge is 0.410 e. The zero-order chi connectivity index (χ0) is 15.8. The van der Waals surface area contributed by atoms with E-state index < -0.39 is 26.9 Å². The van der Waals surface area contributed by atoms with Crippen molar-refractivity contribution in [2.24, 2.45) is 0 Å². The fourth-order valence-corrected chi connectivity index (χ4v) is 12.3. The summed E-state index contributed by atoms with van der Waals surface area (Å²) in [6.07, 6.45) is 1.97. The van der Waals surface area contributed by atoms with Gasteiger partial charge >= 0.3 is 26.9 Å². The molecule has 0 saturated carbocycles. The molecule has 1 heterocycles. The average molecular weight is 408 g/mol. The van der Waals surface area contributed by atoms with Crippen molar-refractivity contribution in [2.45, 2.75) is 37.4 Å². The minimum atomic E-state index is -3.93. The van der Waals surface area contributed by atoms with Gasteiger partial charge in [-0.2, -0.15) is 12.6 Å². The Labute approximate surface area is 143 Å². The molecule has 1 saturated heterocycles. The van der Waals surface area contributed by atoms with Gasteiger partial charge in [0.05, 0.1) is 0 Å². The van der Waals surface area contributed by atoms with Gasteiger partial charge in [-0.1, -0.05) is 21.6 Å². The molecule has 1 unspecified atom stereocenters. The lowest BCUT2D eigenvalue weighted by molar-refractivity contribution is 0.152. The first-order valence-corrected chi connectivity index (χ1v) is 15.5. The molecule has 0 spiro atoms. The first kappa shape index (κ1) is 20.5. The molecule has 6 nitrogen and oxygen atoms in total. The van der Waals surface area contributed by atoms with Crippen molar-refractivity contribution in [1.29, 1.82) is 0 Å². The Bertz CT molecular complexity index is 304. The van der Waals surface area contributed by atoms with E-state index in [-0.39, 0.29) is 12.1 Å². The summed E-state index contributed by atoms with van der Waals surface area (Å²) in [5, 5.41) is 0. The fourth-order valence-electron chi connectivity index (χ4n) is 1.73. The van der Waals surface area contributed by atoms with Gasteiger partial charge in [-0.05, 0) is 31.1 Å². The van der Waals surface area contributed by atoms with Crippen molar-refractivity contribution in [2.75, 3.05) is 17.3 Å². The number of hydrogen-bond donors (Lipinski definition) is 5. The second-order valence-electron chi connectivity index (χ2n) is 4.73. The van der Waals surface area contributed by atoms with Crippen molar-refractivity contribution in [3.05, 3.63) is 0 Å². The third kappa shape index (κ3) is 9.36. The monoisotopic (exact) mass is 407 g/mol. The van der Waals surface area contributed by atoms with E-state index in [0.29, 0.717) is 31.1 Å². The Morgan fingerprint density at radius 3 is 2.38 bits per heavy atom. The lowest BCUT2D eigenvalue weighted by Gasteiger charge is -2.31. The van der Waals surface area contributed by atoms with Gasteiger partial charge in [0.2, 0.25) is 0 Å². The molecule has 0 aromatic heterocycles. The third-order valence-corrected chi connectivity index (χ3v) is 13.1. The lowest BCUT2D eigenvalue weighted by Crippen LogP contribution is -2.56. The van der Waals surface area contributed by atoms with Crippen LogP contribution in [0.2, 0.25) is 18.1 Å². The fraction of sp³-hybridized carbons (Fsp3) is 1.00. The minimum Gasteiger partial charge on any atom is -0.410 e. The maximum Gasteiger partial charge on any atom is 0.488 e. The first-order chi connectivity index (χ1) is 9.87. The highest BCUT2D eigenvalue weighted by atomic mass is 33.1. The molecule has 0 aromatic carbocycles. The summed E-state index contributed by atoms with van der Waals surface area (Å²) < 4.78 is 10.6. The molecule has 1 fully saturated rings. The zero-order valence-corrected chi connectivity index (χ0v) is 17.3. The molecule has 4 N–H and O–H groups in total. The van der Waals surface area contributed by atoms with E-state index in [1.165, 1.54) is 0 Å². The van der Waals surface area contributed by atoms with E-state index in [9.17, 15) is 19.2 Å². The summed E-state index contributed by atoms with van der Waals surface area (Å²) in [7, 11) is -6.47. The molecule has 0 bridgehead atoms. The topological polar surface area (TPSA) is 99.4 Å². The van der Waals surface area contributed by atoms with Gasteiger partial charge in [-0.15, -0.1) is 0 Å². The molecular weight excluding hydrogens is 385 g/mol. The van der Waals surface area contributed by atoms with E-state index in [1.54, 1.807) is 21.6 Å². The Hall–Kier alpha value is 1.46. The molecule has 0 aromatic rings. The molecule has 1 aliphatic heterocycles. The summed E-state index contributed by atoms with van der Waals surface area (Å²) in [6, 6.07) is 0.818. The number of hydrogen-bond acceptors (Lipinski definition) is 9. The van der Waals surface area contributed by atoms with E-state index >= 15 is 0 Å². The van der Waals surface area contributed by atoms with Crippen molar-refractivity contribution in [3.63, 3.8) is 0 Å². The van der Waals surface area contributed by atoms with Gasteiger partial charge in [0.15, 0.2) is 0 Å². The Balaban J connectivity index is 2.65. The normalized spacial score (nSPS) is 28.3. The predicted octanol–water partition coefficient (Wildman–Crippen LogP) is 0.850. The standard InChI is InChI=1S/C9H23O6S3Si3/c10-19(7-1-4-16)14-21(13)9-3-6-18-17-5-2-8-20(11,12)15-21/h10-13,16H,1-9H2. The molecule has 1 aliphatic rings. The summed E-state index contributed by atoms with van der Waals surface area (Å²) in [5.74, 6) is 2.29. The largest absolute Gasteiger partial charge is 0.488 e. The third-order valence-electron chi connectivity index (χ3n) is 2.68. The quantitative estimate of drug-likeness (QED) is 0.260. The van der Waals surface area contributed by atoms with E-state index in [4.69, 9.17) is 8.23 Å². The Kier molecular flexibility index (Phi) is 10.1. The average Bonchev–Trinajstić information content (AvgIpc) is 2.40. The van der Waals surface area contributed by atoms with Gasteiger partial charge in [-0.3, -0.25) is 0 Å². The van der Waals surface area contributed by atoms with E-state index in [2.05, 4.69) is 12.6 Å². The molecule has 1 radical (unpaired) electrons. The molecule has 12 heteroatoms. The number of rotatable bonds is 5. The van der Waals surface area contributed by atoms with Crippen LogP contribution in [0, 0.1) is 0 Å². The SMILES string of the molecule is O[Si](CCCS)O[Si]1(O)CCCSSCCC[Si](O)(O)O1. The van der Waals surface area contributed by atoms with Gasteiger partial charge in [0.1, 0.15) is 0 Å². The van der Waals surface area contributed by atoms with E-state index in [1.807, 2.05) is 0 Å². The first-order valence-electron chi connectivity index (χ1n) is 6.83. The van der Waals surface area contributed by atoms with Gasteiger partial charge < -0.3 is 27.4 Å². The molecule has 21 heavy (non-hydrogen) atoms. The van der Waals surface area contributed by atoms with Crippen LogP contribution in [0.25, 0.3) is 0 Å². The van der Waals surface area contributed by atoms with Crippen molar-refractivity contribution < 1.29 is 27.4 Å². The highest BCUT2D eigenvalue weighted by Gasteiger charge is 2.48. The van der Waals surface area contributed by atoms with Crippen LogP contribution in [0.5, 0.6) is 0 Å². The summed E-state index contributed by atoms with van der Waals surface area (Å²) in [4.78, 5) is 40.4. The van der Waals surface area contributed by atoms with E-state index in [0.717, 1.165) is 11.5 Å². The second kappa shape index (κ2) is 10.4.